The third-order valence-corrected chi connectivity index (χ3v) is 9.60. The van der Waals surface area contributed by atoms with Gasteiger partial charge in [-0.2, -0.15) is 0 Å². The number of carboxylic acids is 1. The Kier molecular flexibility index (Phi) is 18.0. The van der Waals surface area contributed by atoms with Gasteiger partial charge in [0.2, 0.25) is 5.91 Å². The first-order valence-electron chi connectivity index (χ1n) is 19.6. The van der Waals surface area contributed by atoms with Crippen LogP contribution in [-0.4, -0.2) is 52.6 Å². The standard InChI is InChI=1S/C42H60N4O5/c47-38(43-29-21-13-9-6-2-4-8-12-16-28-40(49)50)27-15-11-7-3-1-5-10-14-22-30-44-39(48)32-51-42-34-24-18-20-26-36(34)46-41(42)37-31-33-23-17-19-25-35(33)45-37/h17-20,23-26,31,45-46H,1-16,21-22,27-30,32H2,(H,43,47)(H,44,48)(H,49,50). The number of rotatable bonds is 28. The predicted octanol–water partition coefficient (Wildman–Crippen LogP) is 9.81. The lowest BCUT2D eigenvalue weighted by molar-refractivity contribution is -0.137. The van der Waals surface area contributed by atoms with Gasteiger partial charge in [-0.05, 0) is 49.9 Å². The van der Waals surface area contributed by atoms with Crippen LogP contribution in [0.5, 0.6) is 5.75 Å². The molecule has 4 rings (SSSR count). The van der Waals surface area contributed by atoms with Gasteiger partial charge in [0, 0.05) is 47.7 Å². The third kappa shape index (κ3) is 14.9. The van der Waals surface area contributed by atoms with Gasteiger partial charge in [0.05, 0.1) is 5.69 Å². The molecule has 2 amide bonds. The van der Waals surface area contributed by atoms with Gasteiger partial charge < -0.3 is 30.4 Å². The van der Waals surface area contributed by atoms with Crippen LogP contribution in [0, 0.1) is 0 Å². The van der Waals surface area contributed by atoms with Gasteiger partial charge in [-0.3, -0.25) is 14.4 Å². The van der Waals surface area contributed by atoms with Gasteiger partial charge in [-0.1, -0.05) is 120 Å². The summed E-state index contributed by atoms with van der Waals surface area (Å²) in [6, 6.07) is 18.2. The zero-order valence-corrected chi connectivity index (χ0v) is 30.5. The monoisotopic (exact) mass is 700 g/mol. The van der Waals surface area contributed by atoms with Crippen molar-refractivity contribution >= 4 is 39.6 Å². The third-order valence-electron chi connectivity index (χ3n) is 9.60. The number of aromatic nitrogens is 2. The van der Waals surface area contributed by atoms with Crippen LogP contribution in [0.3, 0.4) is 0 Å². The number of benzene rings is 2. The van der Waals surface area contributed by atoms with E-state index < -0.39 is 5.97 Å². The van der Waals surface area contributed by atoms with E-state index in [1.165, 1.54) is 57.8 Å². The number of carbonyl (C=O) groups excluding carboxylic acids is 2. The number of hydrogen-bond donors (Lipinski definition) is 5. The molecule has 5 N–H and O–H groups in total. The molecule has 9 nitrogen and oxygen atoms in total. The molecule has 2 aromatic carbocycles. The molecule has 0 saturated carbocycles. The second kappa shape index (κ2) is 23.3. The molecule has 0 spiro atoms. The number of carbonyl (C=O) groups is 3. The molecule has 51 heavy (non-hydrogen) atoms. The summed E-state index contributed by atoms with van der Waals surface area (Å²) in [5.74, 6) is 0.0659. The van der Waals surface area contributed by atoms with E-state index in [0.717, 1.165) is 97.5 Å². The predicted molar refractivity (Wildman–Crippen MR) is 207 cm³/mol. The Morgan fingerprint density at radius 3 is 1.69 bits per heavy atom. The topological polar surface area (TPSA) is 136 Å². The van der Waals surface area contributed by atoms with Crippen molar-refractivity contribution in [1.29, 1.82) is 0 Å². The SMILES string of the molecule is O=C(O)CCCCCCCCCCCNC(=O)CCCCCCCCCCCNC(=O)COc1c(-c2cc3ccccc3[nH]2)[nH]c2ccccc12. The molecular formula is C42H60N4O5. The minimum Gasteiger partial charge on any atom is -0.481 e. The van der Waals surface area contributed by atoms with Crippen molar-refractivity contribution in [3.05, 3.63) is 54.6 Å². The van der Waals surface area contributed by atoms with E-state index in [-0.39, 0.29) is 18.4 Å². The smallest absolute Gasteiger partial charge is 0.303 e. The molecule has 2 aromatic heterocycles. The Morgan fingerprint density at radius 1 is 0.569 bits per heavy atom. The highest BCUT2D eigenvalue weighted by Gasteiger charge is 2.17. The van der Waals surface area contributed by atoms with Crippen molar-refractivity contribution in [2.24, 2.45) is 0 Å². The Bertz CT molecular complexity index is 1580. The second-order valence-electron chi connectivity index (χ2n) is 13.9. The van der Waals surface area contributed by atoms with Crippen LogP contribution in [-0.2, 0) is 14.4 Å². The molecule has 0 aliphatic carbocycles. The lowest BCUT2D eigenvalue weighted by Crippen LogP contribution is -2.29. The molecule has 2 heterocycles. The number of fused-ring (bicyclic) bond motifs is 2. The molecule has 0 saturated heterocycles. The Hall–Kier alpha value is -4.27. The molecule has 0 aliphatic rings. The van der Waals surface area contributed by atoms with Crippen LogP contribution in [0.2, 0.25) is 0 Å². The quantitative estimate of drug-likeness (QED) is 0.0376. The highest BCUT2D eigenvalue weighted by molar-refractivity contribution is 5.96. The fraction of sp³-hybridized carbons (Fsp3) is 0.548. The number of amides is 2. The number of unbranched alkanes of at least 4 members (excludes halogenated alkanes) is 16. The van der Waals surface area contributed by atoms with Crippen LogP contribution in [0.15, 0.2) is 54.6 Å². The minimum atomic E-state index is -0.694. The summed E-state index contributed by atoms with van der Waals surface area (Å²) in [7, 11) is 0. The van der Waals surface area contributed by atoms with E-state index in [1.807, 2.05) is 42.5 Å². The average Bonchev–Trinajstić information content (AvgIpc) is 3.73. The van der Waals surface area contributed by atoms with Gasteiger partial charge in [0.15, 0.2) is 12.4 Å². The highest BCUT2D eigenvalue weighted by Crippen LogP contribution is 2.37. The first-order chi connectivity index (χ1) is 25.0. The van der Waals surface area contributed by atoms with Crippen LogP contribution in [0.1, 0.15) is 128 Å². The maximum absolute atomic E-state index is 12.6. The van der Waals surface area contributed by atoms with Crippen LogP contribution < -0.4 is 15.4 Å². The number of carboxylic acid groups (broad SMARTS) is 1. The van der Waals surface area contributed by atoms with Gasteiger partial charge in [-0.15, -0.1) is 0 Å². The number of nitrogens with one attached hydrogen (secondary N) is 4. The van der Waals surface area contributed by atoms with Crippen LogP contribution in [0.4, 0.5) is 0 Å². The second-order valence-corrected chi connectivity index (χ2v) is 13.9. The van der Waals surface area contributed by atoms with Gasteiger partial charge in [-0.25, -0.2) is 0 Å². The summed E-state index contributed by atoms with van der Waals surface area (Å²) in [4.78, 5) is 42.2. The first-order valence-corrected chi connectivity index (χ1v) is 19.6. The van der Waals surface area contributed by atoms with Crippen molar-refractivity contribution in [2.45, 2.75) is 128 Å². The summed E-state index contributed by atoms with van der Waals surface area (Å²) >= 11 is 0. The fourth-order valence-corrected chi connectivity index (χ4v) is 6.68. The molecule has 9 heteroatoms. The molecular weight excluding hydrogens is 640 g/mol. The fourth-order valence-electron chi connectivity index (χ4n) is 6.68. The van der Waals surface area contributed by atoms with Crippen LogP contribution >= 0.6 is 0 Å². The van der Waals surface area contributed by atoms with E-state index in [4.69, 9.17) is 9.84 Å². The first kappa shape index (κ1) is 39.5. The Morgan fingerprint density at radius 2 is 1.08 bits per heavy atom. The van der Waals surface area contributed by atoms with Crippen LogP contribution in [0.25, 0.3) is 33.2 Å². The minimum absolute atomic E-state index is 0.0292. The maximum atomic E-state index is 12.6. The van der Waals surface area contributed by atoms with Gasteiger partial charge in [0.25, 0.3) is 5.91 Å². The van der Waals surface area contributed by atoms with E-state index in [0.29, 0.717) is 25.1 Å². The number of ether oxygens (including phenoxy) is 1. The van der Waals surface area contributed by atoms with Crippen molar-refractivity contribution < 1.29 is 24.2 Å². The summed E-state index contributed by atoms with van der Waals surface area (Å²) in [6.45, 7) is 1.41. The van der Waals surface area contributed by atoms with Gasteiger partial charge >= 0.3 is 5.97 Å². The van der Waals surface area contributed by atoms with Crippen molar-refractivity contribution in [3.8, 4) is 17.1 Å². The highest BCUT2D eigenvalue weighted by atomic mass is 16.5. The zero-order valence-electron chi connectivity index (χ0n) is 30.5. The lowest BCUT2D eigenvalue weighted by atomic mass is 10.1. The zero-order chi connectivity index (χ0) is 35.9. The average molecular weight is 701 g/mol. The molecule has 0 fully saturated rings. The van der Waals surface area contributed by atoms with Crippen molar-refractivity contribution in [3.63, 3.8) is 0 Å². The molecule has 0 aliphatic heterocycles. The van der Waals surface area contributed by atoms with E-state index in [9.17, 15) is 14.4 Å². The summed E-state index contributed by atoms with van der Waals surface area (Å²) in [5.41, 5.74) is 3.79. The van der Waals surface area contributed by atoms with E-state index in [2.05, 4.69) is 32.7 Å². The summed E-state index contributed by atoms with van der Waals surface area (Å²) in [5, 5.41) is 16.8. The number of para-hydroxylation sites is 2. The maximum Gasteiger partial charge on any atom is 0.303 e. The number of hydrogen-bond acceptors (Lipinski definition) is 4. The summed E-state index contributed by atoms with van der Waals surface area (Å²) < 4.78 is 6.12. The normalized spacial score (nSPS) is 11.3. The molecule has 0 atom stereocenters. The molecule has 0 radical (unpaired) electrons. The van der Waals surface area contributed by atoms with E-state index in [1.54, 1.807) is 0 Å². The molecule has 4 aromatic rings. The Balaban J connectivity index is 0.939. The Labute approximate surface area is 303 Å². The van der Waals surface area contributed by atoms with Crippen molar-refractivity contribution in [1.82, 2.24) is 20.6 Å². The van der Waals surface area contributed by atoms with Gasteiger partial charge in [0.1, 0.15) is 5.69 Å². The summed E-state index contributed by atoms with van der Waals surface area (Å²) in [6.07, 6.45) is 21.1. The molecule has 278 valence electrons. The van der Waals surface area contributed by atoms with E-state index >= 15 is 0 Å². The number of aromatic amines is 2. The lowest BCUT2D eigenvalue weighted by Gasteiger charge is -2.09. The van der Waals surface area contributed by atoms with Crippen molar-refractivity contribution in [2.75, 3.05) is 19.7 Å². The largest absolute Gasteiger partial charge is 0.481 e. The number of H-pyrrole nitrogens is 2. The number of aliphatic carboxylic acids is 1. The molecule has 0 unspecified atom stereocenters. The molecule has 0 bridgehead atoms.